The van der Waals surface area contributed by atoms with Crippen molar-refractivity contribution >= 4 is 34.5 Å². The molecule has 1 atom stereocenters. The summed E-state index contributed by atoms with van der Waals surface area (Å²) in [4.78, 5) is 35.1. The smallest absolute Gasteiger partial charge is 0.258 e. The first-order valence-electron chi connectivity index (χ1n) is 13.8. The van der Waals surface area contributed by atoms with E-state index in [1.54, 1.807) is 35.6 Å². The summed E-state index contributed by atoms with van der Waals surface area (Å²) >= 11 is 1.63. The molecule has 0 saturated carbocycles. The van der Waals surface area contributed by atoms with E-state index in [0.29, 0.717) is 23.4 Å². The van der Waals surface area contributed by atoms with Crippen LogP contribution in [0.15, 0.2) is 109 Å². The summed E-state index contributed by atoms with van der Waals surface area (Å²) in [6.45, 7) is 0.567. The standard InChI is InChI=1S/C34H30N4O2S/c35-20-8-11-26-21-31-32(36-22-41-31)29-14-6-7-15-30(29)38(26)34(40)24-16-18-25(19-17-24)37-33(39)28-13-5-4-12-27(28)23-9-2-1-3-10-23/h1-7,9-10,12-19,22,26H,8,11,20-21,35H2,(H,37,39). The lowest BCUT2D eigenvalue weighted by molar-refractivity contribution is 0.0974. The van der Waals surface area contributed by atoms with Gasteiger partial charge in [-0.25, -0.2) is 4.98 Å². The molecule has 0 aliphatic carbocycles. The van der Waals surface area contributed by atoms with E-state index < -0.39 is 0 Å². The number of hydrogen-bond acceptors (Lipinski definition) is 5. The van der Waals surface area contributed by atoms with E-state index >= 15 is 0 Å². The highest BCUT2D eigenvalue weighted by molar-refractivity contribution is 7.10. The molecular formula is C34H30N4O2S. The van der Waals surface area contributed by atoms with E-state index in [-0.39, 0.29) is 17.9 Å². The summed E-state index contributed by atoms with van der Waals surface area (Å²) in [6, 6.07) is 32.5. The van der Waals surface area contributed by atoms with Crippen LogP contribution in [0.1, 0.15) is 38.4 Å². The quantitative estimate of drug-likeness (QED) is 0.224. The normalized spacial score (nSPS) is 14.1. The van der Waals surface area contributed by atoms with Gasteiger partial charge < -0.3 is 16.0 Å². The fourth-order valence-electron chi connectivity index (χ4n) is 5.47. The minimum atomic E-state index is -0.203. The highest BCUT2D eigenvalue weighted by Gasteiger charge is 2.33. The molecule has 6 rings (SSSR count). The van der Waals surface area contributed by atoms with Gasteiger partial charge in [0.05, 0.1) is 16.9 Å². The number of amides is 2. The molecule has 3 N–H and O–H groups in total. The number of carbonyl (C=O) groups is 2. The number of rotatable bonds is 7. The molecule has 0 spiro atoms. The number of nitrogens with two attached hydrogens (primary N) is 1. The van der Waals surface area contributed by atoms with Gasteiger partial charge in [0.2, 0.25) is 0 Å². The van der Waals surface area contributed by atoms with Crippen LogP contribution in [0.25, 0.3) is 22.4 Å². The third kappa shape index (κ3) is 5.42. The number of hydrogen-bond donors (Lipinski definition) is 2. The van der Waals surface area contributed by atoms with Crippen LogP contribution in [-0.4, -0.2) is 29.4 Å². The molecule has 6 nitrogen and oxygen atoms in total. The number of aromatic nitrogens is 1. The molecule has 1 aliphatic rings. The van der Waals surface area contributed by atoms with Crippen molar-refractivity contribution in [1.29, 1.82) is 0 Å². The topological polar surface area (TPSA) is 88.3 Å². The lowest BCUT2D eigenvalue weighted by Gasteiger charge is -2.31. The lowest BCUT2D eigenvalue weighted by atomic mass is 9.99. The van der Waals surface area contributed by atoms with Gasteiger partial charge in [0, 0.05) is 39.7 Å². The minimum Gasteiger partial charge on any atom is -0.330 e. The van der Waals surface area contributed by atoms with E-state index in [1.807, 2.05) is 89.3 Å². The predicted molar refractivity (Wildman–Crippen MR) is 166 cm³/mol. The SMILES string of the molecule is NCCCC1Cc2scnc2-c2ccccc2N1C(=O)c1ccc(NC(=O)c2ccccc2-c2ccccc2)cc1. The van der Waals surface area contributed by atoms with Crippen LogP contribution < -0.4 is 16.0 Å². The maximum Gasteiger partial charge on any atom is 0.258 e. The average molecular weight is 559 g/mol. The zero-order valence-corrected chi connectivity index (χ0v) is 23.3. The predicted octanol–water partition coefficient (Wildman–Crippen LogP) is 7.04. The molecule has 0 saturated heterocycles. The first kappa shape index (κ1) is 26.6. The summed E-state index contributed by atoms with van der Waals surface area (Å²) in [5, 5.41) is 3.00. The molecule has 2 heterocycles. The molecule has 204 valence electrons. The Morgan fingerprint density at radius 1 is 0.878 bits per heavy atom. The molecule has 41 heavy (non-hydrogen) atoms. The Balaban J connectivity index is 1.27. The molecule has 0 bridgehead atoms. The monoisotopic (exact) mass is 558 g/mol. The number of nitrogens with zero attached hydrogens (tertiary/aromatic N) is 2. The fraction of sp³-hybridized carbons (Fsp3) is 0.147. The van der Waals surface area contributed by atoms with Crippen LogP contribution in [0, 0.1) is 0 Å². The average Bonchev–Trinajstić information content (AvgIpc) is 3.44. The number of carbonyl (C=O) groups excluding carboxylic acids is 2. The molecule has 1 aromatic heterocycles. The Morgan fingerprint density at radius 2 is 1.59 bits per heavy atom. The van der Waals surface area contributed by atoms with Crippen LogP contribution in [-0.2, 0) is 6.42 Å². The summed E-state index contributed by atoms with van der Waals surface area (Å²) in [5.41, 5.74) is 14.1. The Kier molecular flexibility index (Phi) is 7.71. The van der Waals surface area contributed by atoms with Crippen molar-refractivity contribution < 1.29 is 9.59 Å². The van der Waals surface area contributed by atoms with Crippen LogP contribution in [0.5, 0.6) is 0 Å². The zero-order valence-electron chi connectivity index (χ0n) is 22.5. The van der Waals surface area contributed by atoms with Crippen molar-refractivity contribution in [3.05, 3.63) is 125 Å². The molecule has 2 amide bonds. The summed E-state index contributed by atoms with van der Waals surface area (Å²) < 4.78 is 0. The van der Waals surface area contributed by atoms with Crippen molar-refractivity contribution in [2.24, 2.45) is 5.73 Å². The van der Waals surface area contributed by atoms with Crippen LogP contribution in [0.4, 0.5) is 11.4 Å². The third-order valence-corrected chi connectivity index (χ3v) is 8.31. The van der Waals surface area contributed by atoms with Gasteiger partial charge in [-0.1, -0.05) is 66.7 Å². The largest absolute Gasteiger partial charge is 0.330 e. The van der Waals surface area contributed by atoms with E-state index in [0.717, 1.165) is 47.3 Å². The van der Waals surface area contributed by atoms with Crippen LogP contribution >= 0.6 is 11.3 Å². The van der Waals surface area contributed by atoms with Crippen molar-refractivity contribution in [3.8, 4) is 22.4 Å². The first-order chi connectivity index (χ1) is 20.1. The van der Waals surface area contributed by atoms with Crippen molar-refractivity contribution in [2.45, 2.75) is 25.3 Å². The molecule has 0 radical (unpaired) electrons. The third-order valence-electron chi connectivity index (χ3n) is 7.45. The highest BCUT2D eigenvalue weighted by atomic mass is 32.1. The van der Waals surface area contributed by atoms with Crippen LogP contribution in [0.3, 0.4) is 0 Å². The van der Waals surface area contributed by atoms with Crippen molar-refractivity contribution in [3.63, 3.8) is 0 Å². The maximum absolute atomic E-state index is 14.1. The van der Waals surface area contributed by atoms with Gasteiger partial charge >= 0.3 is 0 Å². The van der Waals surface area contributed by atoms with Gasteiger partial charge in [0.1, 0.15) is 0 Å². The van der Waals surface area contributed by atoms with Gasteiger partial charge in [0.15, 0.2) is 0 Å². The van der Waals surface area contributed by atoms with Gasteiger partial charge in [-0.05, 0) is 66.9 Å². The second-order valence-electron chi connectivity index (χ2n) is 10.0. The number of fused-ring (bicyclic) bond motifs is 3. The second-order valence-corrected chi connectivity index (χ2v) is 11.0. The molecule has 4 aromatic carbocycles. The zero-order chi connectivity index (χ0) is 28.2. The summed E-state index contributed by atoms with van der Waals surface area (Å²) in [7, 11) is 0. The Labute approximate surface area is 243 Å². The highest BCUT2D eigenvalue weighted by Crippen LogP contribution is 2.40. The van der Waals surface area contributed by atoms with E-state index in [2.05, 4.69) is 10.3 Å². The van der Waals surface area contributed by atoms with Gasteiger partial charge in [-0.15, -0.1) is 11.3 Å². The van der Waals surface area contributed by atoms with Gasteiger partial charge in [-0.2, -0.15) is 0 Å². The minimum absolute atomic E-state index is 0.0391. The maximum atomic E-state index is 14.1. The molecule has 7 heteroatoms. The van der Waals surface area contributed by atoms with Crippen LogP contribution in [0.2, 0.25) is 0 Å². The molecular weight excluding hydrogens is 528 g/mol. The Hall–Kier alpha value is -4.59. The number of thiazole rings is 1. The Morgan fingerprint density at radius 3 is 2.37 bits per heavy atom. The van der Waals surface area contributed by atoms with E-state index in [9.17, 15) is 9.59 Å². The van der Waals surface area contributed by atoms with E-state index in [1.165, 1.54) is 4.88 Å². The second kappa shape index (κ2) is 11.9. The van der Waals surface area contributed by atoms with Gasteiger partial charge in [-0.3, -0.25) is 9.59 Å². The van der Waals surface area contributed by atoms with Crippen molar-refractivity contribution in [2.75, 3.05) is 16.8 Å². The Bertz CT molecular complexity index is 1680. The molecule has 1 unspecified atom stereocenters. The van der Waals surface area contributed by atoms with Gasteiger partial charge in [0.25, 0.3) is 11.8 Å². The number of benzene rings is 4. The summed E-state index contributed by atoms with van der Waals surface area (Å²) in [5.74, 6) is -0.285. The molecule has 1 aliphatic heterocycles. The summed E-state index contributed by atoms with van der Waals surface area (Å²) in [6.07, 6.45) is 2.35. The van der Waals surface area contributed by atoms with Crippen molar-refractivity contribution in [1.82, 2.24) is 4.98 Å². The lowest BCUT2D eigenvalue weighted by Crippen LogP contribution is -2.41. The number of anilines is 2. The molecule has 0 fully saturated rings. The number of nitrogens with one attached hydrogen (secondary N) is 1. The first-order valence-corrected chi connectivity index (χ1v) is 14.6. The fourth-order valence-corrected chi connectivity index (χ4v) is 6.31. The number of para-hydroxylation sites is 1. The molecule has 5 aromatic rings. The van der Waals surface area contributed by atoms with E-state index in [4.69, 9.17) is 5.73 Å².